The first-order chi connectivity index (χ1) is 12.1. The van der Waals surface area contributed by atoms with E-state index in [4.69, 9.17) is 11.6 Å². The van der Waals surface area contributed by atoms with Crippen molar-refractivity contribution < 1.29 is 9.59 Å². The van der Waals surface area contributed by atoms with E-state index in [9.17, 15) is 9.59 Å². The summed E-state index contributed by atoms with van der Waals surface area (Å²) in [5.74, 6) is 0.541. The fraction of sp³-hybridized carbons (Fsp3) is 0.167. The highest BCUT2D eigenvalue weighted by molar-refractivity contribution is 8.14. The molecule has 0 atom stereocenters. The monoisotopic (exact) mass is 371 g/mol. The van der Waals surface area contributed by atoms with Crippen molar-refractivity contribution in [2.75, 3.05) is 11.1 Å². The number of halogens is 1. The van der Waals surface area contributed by atoms with Crippen LogP contribution in [0, 0.1) is 0 Å². The minimum Gasteiger partial charge on any atom is -0.326 e. The smallest absolute Gasteiger partial charge is 0.302 e. The summed E-state index contributed by atoms with van der Waals surface area (Å²) in [6.45, 7) is 0.379. The van der Waals surface area contributed by atoms with Crippen LogP contribution in [0.15, 0.2) is 47.6 Å². The molecule has 2 aromatic rings. The van der Waals surface area contributed by atoms with Crippen LogP contribution in [-0.2, 0) is 17.8 Å². The van der Waals surface area contributed by atoms with Gasteiger partial charge in [-0.15, -0.1) is 0 Å². The summed E-state index contributed by atoms with van der Waals surface area (Å²) in [4.78, 5) is 23.7. The number of carbonyl (C=O) groups excluding carboxylic acids is 2. The number of carbonyl (C=O) groups is 2. The van der Waals surface area contributed by atoms with E-state index in [1.807, 2.05) is 42.5 Å². The van der Waals surface area contributed by atoms with Crippen molar-refractivity contribution in [3.63, 3.8) is 0 Å². The Balaban J connectivity index is 1.57. The Morgan fingerprint density at radius 3 is 2.76 bits per heavy atom. The number of rotatable bonds is 3. The molecule has 0 aromatic heterocycles. The number of benzene rings is 2. The molecule has 126 valence electrons. The van der Waals surface area contributed by atoms with Crippen LogP contribution in [0.1, 0.15) is 16.7 Å². The molecule has 0 radical (unpaired) electrons. The van der Waals surface area contributed by atoms with Crippen molar-refractivity contribution in [1.82, 2.24) is 5.01 Å². The SMILES string of the molecule is O=C1Cc2cc(CN3N=C(c4ccc(Cl)cc4)CSC3=O)ccc2N1. The quantitative estimate of drug-likeness (QED) is 0.889. The predicted molar refractivity (Wildman–Crippen MR) is 100 cm³/mol. The topological polar surface area (TPSA) is 61.8 Å². The molecule has 2 amide bonds. The van der Waals surface area contributed by atoms with Crippen molar-refractivity contribution in [3.05, 3.63) is 64.2 Å². The molecule has 1 N–H and O–H groups in total. The number of hydrogen-bond donors (Lipinski definition) is 1. The summed E-state index contributed by atoms with van der Waals surface area (Å²) >= 11 is 7.16. The molecule has 0 fully saturated rings. The van der Waals surface area contributed by atoms with Gasteiger partial charge >= 0.3 is 5.24 Å². The van der Waals surface area contributed by atoms with Gasteiger partial charge in [0.2, 0.25) is 5.91 Å². The third-order valence-electron chi connectivity index (χ3n) is 4.09. The lowest BCUT2D eigenvalue weighted by atomic mass is 10.1. The van der Waals surface area contributed by atoms with Gasteiger partial charge < -0.3 is 5.32 Å². The highest BCUT2D eigenvalue weighted by atomic mass is 35.5. The first kappa shape index (κ1) is 16.2. The summed E-state index contributed by atoms with van der Waals surface area (Å²) in [6, 6.07) is 13.2. The number of amides is 2. The molecule has 0 saturated carbocycles. The largest absolute Gasteiger partial charge is 0.326 e. The first-order valence-corrected chi connectivity index (χ1v) is 9.14. The molecule has 0 unspecified atom stereocenters. The van der Waals surface area contributed by atoms with Gasteiger partial charge in [-0.25, -0.2) is 5.01 Å². The van der Waals surface area contributed by atoms with Crippen LogP contribution < -0.4 is 5.32 Å². The number of thioether (sulfide) groups is 1. The molecule has 0 aliphatic carbocycles. The zero-order chi connectivity index (χ0) is 17.4. The molecule has 0 saturated heterocycles. The van der Waals surface area contributed by atoms with E-state index in [-0.39, 0.29) is 11.1 Å². The summed E-state index contributed by atoms with van der Waals surface area (Å²) < 4.78 is 0. The average molecular weight is 372 g/mol. The van der Waals surface area contributed by atoms with Crippen LogP contribution in [-0.4, -0.2) is 27.6 Å². The summed E-state index contributed by atoms with van der Waals surface area (Å²) in [5, 5.41) is 9.40. The normalized spacial score (nSPS) is 16.5. The second-order valence-electron chi connectivity index (χ2n) is 5.88. The van der Waals surface area contributed by atoms with Crippen LogP contribution in [0.4, 0.5) is 10.5 Å². The minimum absolute atomic E-state index is 0.000185. The van der Waals surface area contributed by atoms with Gasteiger partial charge in [-0.2, -0.15) is 5.10 Å². The van der Waals surface area contributed by atoms with Gasteiger partial charge in [0.05, 0.1) is 18.7 Å². The Labute approximate surface area is 154 Å². The molecule has 0 bridgehead atoms. The lowest BCUT2D eigenvalue weighted by molar-refractivity contribution is -0.115. The molecule has 2 aliphatic rings. The number of hydrogen-bond acceptors (Lipinski definition) is 4. The Bertz CT molecular complexity index is 896. The zero-order valence-corrected chi connectivity index (χ0v) is 14.7. The van der Waals surface area contributed by atoms with E-state index in [0.717, 1.165) is 28.1 Å². The molecule has 7 heteroatoms. The number of nitrogens with zero attached hydrogens (tertiary/aromatic N) is 2. The van der Waals surface area contributed by atoms with Gasteiger partial charge in [0.25, 0.3) is 0 Å². The van der Waals surface area contributed by atoms with E-state index < -0.39 is 0 Å². The van der Waals surface area contributed by atoms with Crippen molar-refractivity contribution in [3.8, 4) is 0 Å². The van der Waals surface area contributed by atoms with Gasteiger partial charge in [0.1, 0.15) is 0 Å². The standard InChI is InChI=1S/C18H14ClN3O2S/c19-14-4-2-12(3-5-14)16-10-25-18(24)22(21-16)9-11-1-6-15-13(7-11)8-17(23)20-15/h1-7H,8-10H2,(H,20,23). The van der Waals surface area contributed by atoms with Crippen LogP contribution in [0.5, 0.6) is 0 Å². The third-order valence-corrected chi connectivity index (χ3v) is 5.22. The molecule has 2 aliphatic heterocycles. The lowest BCUT2D eigenvalue weighted by Gasteiger charge is -2.23. The maximum atomic E-state index is 12.2. The van der Waals surface area contributed by atoms with Crippen LogP contribution in [0.2, 0.25) is 5.02 Å². The van der Waals surface area contributed by atoms with Gasteiger partial charge in [-0.3, -0.25) is 9.59 Å². The maximum absolute atomic E-state index is 12.2. The maximum Gasteiger partial charge on any atom is 0.302 e. The van der Waals surface area contributed by atoms with Gasteiger partial charge in [0, 0.05) is 16.5 Å². The third kappa shape index (κ3) is 3.41. The minimum atomic E-state index is -0.0765. The second-order valence-corrected chi connectivity index (χ2v) is 7.25. The highest BCUT2D eigenvalue weighted by Gasteiger charge is 2.23. The fourth-order valence-electron chi connectivity index (χ4n) is 2.86. The van der Waals surface area contributed by atoms with E-state index in [2.05, 4.69) is 10.4 Å². The van der Waals surface area contributed by atoms with E-state index >= 15 is 0 Å². The fourth-order valence-corrected chi connectivity index (χ4v) is 3.72. The van der Waals surface area contributed by atoms with E-state index in [1.54, 1.807) is 0 Å². The van der Waals surface area contributed by atoms with Crippen LogP contribution >= 0.6 is 23.4 Å². The Kier molecular flexibility index (Phi) is 4.23. The summed E-state index contributed by atoms with van der Waals surface area (Å²) in [7, 11) is 0. The van der Waals surface area contributed by atoms with Crippen molar-refractivity contribution in [2.24, 2.45) is 5.10 Å². The molecule has 2 aromatic carbocycles. The molecular formula is C18H14ClN3O2S. The van der Waals surface area contributed by atoms with Gasteiger partial charge in [-0.1, -0.05) is 47.6 Å². The lowest BCUT2D eigenvalue weighted by Crippen LogP contribution is -2.29. The predicted octanol–water partition coefficient (Wildman–Crippen LogP) is 3.91. The van der Waals surface area contributed by atoms with Crippen LogP contribution in [0.3, 0.4) is 0 Å². The molecule has 25 heavy (non-hydrogen) atoms. The summed E-state index contributed by atoms with van der Waals surface area (Å²) in [6.07, 6.45) is 0.380. The molecule has 4 rings (SSSR count). The number of anilines is 1. The Hall–Kier alpha value is -2.31. The van der Waals surface area contributed by atoms with Crippen molar-refractivity contribution in [1.29, 1.82) is 0 Å². The Morgan fingerprint density at radius 1 is 1.16 bits per heavy atom. The highest BCUT2D eigenvalue weighted by Crippen LogP contribution is 2.26. The molecular weight excluding hydrogens is 358 g/mol. The summed E-state index contributed by atoms with van der Waals surface area (Å²) in [5.41, 5.74) is 4.56. The van der Waals surface area contributed by atoms with Gasteiger partial charge in [0.15, 0.2) is 0 Å². The molecule has 5 nitrogen and oxygen atoms in total. The van der Waals surface area contributed by atoms with E-state index in [0.29, 0.717) is 23.7 Å². The average Bonchev–Trinajstić information content (AvgIpc) is 2.97. The Morgan fingerprint density at radius 2 is 1.96 bits per heavy atom. The van der Waals surface area contributed by atoms with Crippen molar-refractivity contribution >= 4 is 45.9 Å². The van der Waals surface area contributed by atoms with Crippen LogP contribution in [0.25, 0.3) is 0 Å². The molecule has 2 heterocycles. The number of fused-ring (bicyclic) bond motifs is 1. The number of hydrazone groups is 1. The van der Waals surface area contributed by atoms with Crippen molar-refractivity contribution in [2.45, 2.75) is 13.0 Å². The molecule has 0 spiro atoms. The van der Waals surface area contributed by atoms with E-state index in [1.165, 1.54) is 16.8 Å². The second kappa shape index (κ2) is 6.54. The number of nitrogens with one attached hydrogen (secondary N) is 1. The van der Waals surface area contributed by atoms with Gasteiger partial charge in [-0.05, 0) is 34.9 Å². The first-order valence-electron chi connectivity index (χ1n) is 7.78. The zero-order valence-electron chi connectivity index (χ0n) is 13.2.